The van der Waals surface area contributed by atoms with E-state index in [0.717, 1.165) is 45.8 Å². The van der Waals surface area contributed by atoms with Crippen molar-refractivity contribution < 1.29 is 9.47 Å². The number of hydrogen-bond acceptors (Lipinski definition) is 4. The molecule has 0 aliphatic carbocycles. The molecular weight excluding hydrogens is 192 g/mol. The Labute approximate surface area is 93.1 Å². The summed E-state index contributed by atoms with van der Waals surface area (Å²) in [5, 5.41) is 0. The molecule has 4 nitrogen and oxygen atoms in total. The van der Waals surface area contributed by atoms with Gasteiger partial charge in [0.15, 0.2) is 0 Å². The van der Waals surface area contributed by atoms with Crippen molar-refractivity contribution >= 4 is 0 Å². The zero-order valence-electron chi connectivity index (χ0n) is 10.2. The fourth-order valence-electron chi connectivity index (χ4n) is 1.93. The summed E-state index contributed by atoms with van der Waals surface area (Å²) < 4.78 is 10.8. The van der Waals surface area contributed by atoms with Crippen molar-refractivity contribution in [1.82, 2.24) is 9.80 Å². The molecule has 0 radical (unpaired) electrons. The van der Waals surface area contributed by atoms with Gasteiger partial charge in [0.1, 0.15) is 0 Å². The lowest BCUT2D eigenvalue weighted by Crippen LogP contribution is -2.46. The van der Waals surface area contributed by atoms with Gasteiger partial charge >= 0.3 is 0 Å². The minimum absolute atomic E-state index is 0.372. The van der Waals surface area contributed by atoms with E-state index in [2.05, 4.69) is 23.9 Å². The van der Waals surface area contributed by atoms with Gasteiger partial charge in [-0.1, -0.05) is 0 Å². The van der Waals surface area contributed by atoms with Crippen LogP contribution in [0.2, 0.25) is 0 Å². The monoisotopic (exact) mass is 216 g/mol. The van der Waals surface area contributed by atoms with Crippen LogP contribution in [0.25, 0.3) is 0 Å². The van der Waals surface area contributed by atoms with E-state index in [4.69, 9.17) is 9.47 Å². The maximum atomic E-state index is 5.71. The Morgan fingerprint density at radius 2 is 2.27 bits per heavy atom. The highest BCUT2D eigenvalue weighted by Crippen LogP contribution is 2.06. The van der Waals surface area contributed by atoms with Gasteiger partial charge < -0.3 is 14.4 Å². The van der Waals surface area contributed by atoms with Gasteiger partial charge in [0.05, 0.1) is 12.7 Å². The van der Waals surface area contributed by atoms with Crippen molar-refractivity contribution in [1.29, 1.82) is 0 Å². The molecule has 0 spiro atoms. The van der Waals surface area contributed by atoms with Crippen LogP contribution in [0.4, 0.5) is 0 Å². The SMILES string of the molecule is COCCCN1CCO[C@H](CN(C)C)C1. The third-order valence-corrected chi connectivity index (χ3v) is 2.61. The molecule has 0 saturated carbocycles. The van der Waals surface area contributed by atoms with E-state index < -0.39 is 0 Å². The average molecular weight is 216 g/mol. The molecule has 1 atom stereocenters. The van der Waals surface area contributed by atoms with Crippen molar-refractivity contribution in [2.75, 3.05) is 60.6 Å². The molecule has 0 amide bonds. The molecule has 1 heterocycles. The molecule has 15 heavy (non-hydrogen) atoms. The van der Waals surface area contributed by atoms with E-state index in [1.165, 1.54) is 0 Å². The zero-order chi connectivity index (χ0) is 11.1. The smallest absolute Gasteiger partial charge is 0.0829 e. The molecule has 0 unspecified atom stereocenters. The molecule has 4 heteroatoms. The topological polar surface area (TPSA) is 24.9 Å². The second kappa shape index (κ2) is 7.17. The Hall–Kier alpha value is -0.160. The van der Waals surface area contributed by atoms with Gasteiger partial charge in [-0.2, -0.15) is 0 Å². The fraction of sp³-hybridized carbons (Fsp3) is 1.00. The predicted octanol–water partition coefficient (Wildman–Crippen LogP) is 0.285. The number of morpholine rings is 1. The minimum Gasteiger partial charge on any atom is -0.385 e. The second-order valence-corrected chi connectivity index (χ2v) is 4.40. The third kappa shape index (κ3) is 5.47. The normalized spacial score (nSPS) is 23.6. The van der Waals surface area contributed by atoms with E-state index in [-0.39, 0.29) is 0 Å². The lowest BCUT2D eigenvalue weighted by Gasteiger charge is -2.34. The summed E-state index contributed by atoms with van der Waals surface area (Å²) in [4.78, 5) is 4.65. The number of likely N-dealkylation sites (N-methyl/N-ethyl adjacent to an activating group) is 1. The van der Waals surface area contributed by atoms with E-state index in [9.17, 15) is 0 Å². The number of hydrogen-bond donors (Lipinski definition) is 0. The highest BCUT2D eigenvalue weighted by atomic mass is 16.5. The first-order valence-corrected chi connectivity index (χ1v) is 5.70. The molecule has 1 aliphatic rings. The molecule has 0 N–H and O–H groups in total. The lowest BCUT2D eigenvalue weighted by molar-refractivity contribution is -0.0394. The number of nitrogens with zero attached hydrogens (tertiary/aromatic N) is 2. The van der Waals surface area contributed by atoms with Gasteiger partial charge in [0.25, 0.3) is 0 Å². The van der Waals surface area contributed by atoms with Crippen molar-refractivity contribution in [3.8, 4) is 0 Å². The molecule has 1 saturated heterocycles. The quantitative estimate of drug-likeness (QED) is 0.596. The van der Waals surface area contributed by atoms with Crippen molar-refractivity contribution in [2.24, 2.45) is 0 Å². The first kappa shape index (κ1) is 12.9. The molecule has 1 aliphatic heterocycles. The summed E-state index contributed by atoms with van der Waals surface area (Å²) in [6.45, 7) is 5.98. The maximum Gasteiger partial charge on any atom is 0.0829 e. The van der Waals surface area contributed by atoms with E-state index in [1.54, 1.807) is 7.11 Å². The Morgan fingerprint density at radius 3 is 2.93 bits per heavy atom. The summed E-state index contributed by atoms with van der Waals surface area (Å²) in [7, 11) is 5.94. The van der Waals surface area contributed by atoms with Crippen molar-refractivity contribution in [3.05, 3.63) is 0 Å². The van der Waals surface area contributed by atoms with Gasteiger partial charge in [-0.15, -0.1) is 0 Å². The standard InChI is InChI=1S/C11H24N2O2/c1-12(2)9-11-10-13(6-8-15-11)5-4-7-14-3/h11H,4-10H2,1-3H3/t11-/m1/s1. The summed E-state index contributed by atoms with van der Waals surface area (Å²) in [6.07, 6.45) is 1.49. The van der Waals surface area contributed by atoms with Gasteiger partial charge in [0, 0.05) is 39.9 Å². The highest BCUT2D eigenvalue weighted by molar-refractivity contribution is 4.73. The zero-order valence-corrected chi connectivity index (χ0v) is 10.2. The van der Waals surface area contributed by atoms with Crippen LogP contribution in [0.15, 0.2) is 0 Å². The van der Waals surface area contributed by atoms with Crippen LogP contribution in [0.3, 0.4) is 0 Å². The van der Waals surface area contributed by atoms with Crippen LogP contribution in [-0.2, 0) is 9.47 Å². The Morgan fingerprint density at radius 1 is 1.47 bits per heavy atom. The first-order chi connectivity index (χ1) is 7.22. The molecule has 1 rings (SSSR count). The molecule has 0 bridgehead atoms. The summed E-state index contributed by atoms with van der Waals surface area (Å²) in [5.74, 6) is 0. The molecular formula is C11H24N2O2. The maximum absolute atomic E-state index is 5.71. The van der Waals surface area contributed by atoms with E-state index in [0.29, 0.717) is 6.10 Å². The van der Waals surface area contributed by atoms with Gasteiger partial charge in [-0.25, -0.2) is 0 Å². The van der Waals surface area contributed by atoms with Crippen LogP contribution < -0.4 is 0 Å². The molecule has 0 aromatic heterocycles. The first-order valence-electron chi connectivity index (χ1n) is 5.70. The average Bonchev–Trinajstić information content (AvgIpc) is 2.18. The number of ether oxygens (including phenoxy) is 2. The van der Waals surface area contributed by atoms with Crippen molar-refractivity contribution in [3.63, 3.8) is 0 Å². The van der Waals surface area contributed by atoms with Crippen LogP contribution >= 0.6 is 0 Å². The van der Waals surface area contributed by atoms with Crippen LogP contribution in [0.1, 0.15) is 6.42 Å². The fourth-order valence-corrected chi connectivity index (χ4v) is 1.93. The van der Waals surface area contributed by atoms with Crippen LogP contribution in [0, 0.1) is 0 Å². The largest absolute Gasteiger partial charge is 0.385 e. The summed E-state index contributed by atoms with van der Waals surface area (Å²) >= 11 is 0. The van der Waals surface area contributed by atoms with Gasteiger partial charge in [-0.05, 0) is 20.5 Å². The predicted molar refractivity (Wildman–Crippen MR) is 61.2 cm³/mol. The van der Waals surface area contributed by atoms with Crippen LogP contribution in [-0.4, -0.2) is 76.5 Å². The Bertz CT molecular complexity index is 165. The Kier molecular flexibility index (Phi) is 6.17. The van der Waals surface area contributed by atoms with E-state index >= 15 is 0 Å². The molecule has 0 aromatic carbocycles. The van der Waals surface area contributed by atoms with E-state index in [1.807, 2.05) is 0 Å². The Balaban J connectivity index is 2.17. The highest BCUT2D eigenvalue weighted by Gasteiger charge is 2.20. The summed E-state index contributed by atoms with van der Waals surface area (Å²) in [5.41, 5.74) is 0. The third-order valence-electron chi connectivity index (χ3n) is 2.61. The van der Waals surface area contributed by atoms with Gasteiger partial charge in [-0.3, -0.25) is 4.90 Å². The molecule has 0 aromatic rings. The van der Waals surface area contributed by atoms with Gasteiger partial charge in [0.2, 0.25) is 0 Å². The number of rotatable bonds is 6. The van der Waals surface area contributed by atoms with Crippen molar-refractivity contribution in [2.45, 2.75) is 12.5 Å². The molecule has 90 valence electrons. The minimum atomic E-state index is 0.372. The molecule has 1 fully saturated rings. The lowest BCUT2D eigenvalue weighted by atomic mass is 10.2. The summed E-state index contributed by atoms with van der Waals surface area (Å²) in [6, 6.07) is 0. The second-order valence-electron chi connectivity index (χ2n) is 4.40. The number of methoxy groups -OCH3 is 1. The van der Waals surface area contributed by atoms with Crippen LogP contribution in [0.5, 0.6) is 0 Å².